The van der Waals surface area contributed by atoms with Crippen molar-refractivity contribution in [3.63, 3.8) is 0 Å². The van der Waals surface area contributed by atoms with Gasteiger partial charge in [0.15, 0.2) is 0 Å². The first-order valence-corrected chi connectivity index (χ1v) is 7.54. The number of carbonyl (C=O) groups is 1. The Morgan fingerprint density at radius 2 is 1.57 bits per heavy atom. The second kappa shape index (κ2) is 9.03. The zero-order chi connectivity index (χ0) is 17.4. The van der Waals surface area contributed by atoms with Crippen molar-refractivity contribution in [1.82, 2.24) is 14.9 Å². The Morgan fingerprint density at radius 1 is 1.09 bits per heavy atom. The molecule has 1 fully saturated rings. The molecule has 1 saturated carbocycles. The smallest absolute Gasteiger partial charge is 0.281 e. The predicted molar refractivity (Wildman–Crippen MR) is 84.8 cm³/mol. The van der Waals surface area contributed by atoms with Gasteiger partial charge in [-0.25, -0.2) is 18.7 Å². The number of terminal acetylenes is 1. The molecule has 5 nitrogen and oxygen atoms in total. The molecule has 3 rings (SSSR count). The van der Waals surface area contributed by atoms with E-state index in [0.717, 1.165) is 0 Å². The number of nitrogens with two attached hydrogens (primary N) is 1. The summed E-state index contributed by atoms with van der Waals surface area (Å²) in [5, 5.41) is 0. The molecule has 0 saturated heterocycles. The van der Waals surface area contributed by atoms with Crippen LogP contribution in [0.25, 0.3) is 0 Å². The van der Waals surface area contributed by atoms with E-state index in [2.05, 4.69) is 22.8 Å². The molecule has 0 bridgehead atoms. The standard InChI is InChI=1S/C8H8F2N4O.C6H12.C2H2/c1-14-2-3-4(7(14)15)5(6(9)10)13-8(11)12-3;1-2-4-6-5-3-1;1-2/h6H,2H2,1H3,(H2,11,12,13);1-6H2;1-2H. The fraction of sp³-hybridized carbons (Fsp3) is 0.562. The van der Waals surface area contributed by atoms with Crippen LogP contribution in [0.2, 0.25) is 0 Å². The number of halogens is 2. The van der Waals surface area contributed by atoms with E-state index < -0.39 is 18.0 Å². The van der Waals surface area contributed by atoms with Crippen LogP contribution in [-0.2, 0) is 6.54 Å². The van der Waals surface area contributed by atoms with Gasteiger partial charge in [-0.3, -0.25) is 4.79 Å². The lowest BCUT2D eigenvalue weighted by atomic mass is 10.0. The zero-order valence-corrected chi connectivity index (χ0v) is 13.3. The maximum atomic E-state index is 12.6. The molecular formula is C16H22F2N4O. The summed E-state index contributed by atoms with van der Waals surface area (Å²) in [6, 6.07) is 0. The molecular weight excluding hydrogens is 302 g/mol. The largest absolute Gasteiger partial charge is 0.368 e. The number of anilines is 1. The molecule has 0 spiro atoms. The first-order valence-electron chi connectivity index (χ1n) is 7.54. The van der Waals surface area contributed by atoms with Gasteiger partial charge in [0.25, 0.3) is 12.3 Å². The zero-order valence-electron chi connectivity index (χ0n) is 13.3. The summed E-state index contributed by atoms with van der Waals surface area (Å²) in [6.45, 7) is 0.195. The summed E-state index contributed by atoms with van der Waals surface area (Å²) >= 11 is 0. The summed E-state index contributed by atoms with van der Waals surface area (Å²) in [7, 11) is 1.51. The Balaban J connectivity index is 0.000000276. The molecule has 1 aliphatic heterocycles. The van der Waals surface area contributed by atoms with E-state index in [1.165, 1.54) is 50.5 Å². The van der Waals surface area contributed by atoms with E-state index in [4.69, 9.17) is 5.73 Å². The number of fused-ring (bicyclic) bond motifs is 1. The number of nitrogens with zero attached hydrogens (tertiary/aromatic N) is 3. The summed E-state index contributed by atoms with van der Waals surface area (Å²) < 4.78 is 25.2. The van der Waals surface area contributed by atoms with Crippen LogP contribution in [0.4, 0.5) is 14.7 Å². The van der Waals surface area contributed by atoms with Gasteiger partial charge in [0.05, 0.1) is 17.8 Å². The fourth-order valence-electron chi connectivity index (χ4n) is 2.60. The van der Waals surface area contributed by atoms with Gasteiger partial charge in [0, 0.05) is 7.05 Å². The van der Waals surface area contributed by atoms with Gasteiger partial charge in [0.1, 0.15) is 5.69 Å². The molecule has 2 heterocycles. The molecule has 2 aliphatic rings. The number of hydrogen-bond acceptors (Lipinski definition) is 4. The molecule has 7 heteroatoms. The number of nitrogen functional groups attached to an aromatic ring is 1. The van der Waals surface area contributed by atoms with Crippen LogP contribution in [0, 0.1) is 12.8 Å². The second-order valence-electron chi connectivity index (χ2n) is 5.37. The fourth-order valence-corrected chi connectivity index (χ4v) is 2.60. The maximum absolute atomic E-state index is 12.6. The number of aromatic nitrogens is 2. The Bertz CT molecular complexity index is 545. The molecule has 1 aliphatic carbocycles. The average molecular weight is 324 g/mol. The van der Waals surface area contributed by atoms with Crippen molar-refractivity contribution in [2.24, 2.45) is 0 Å². The molecule has 2 N–H and O–H groups in total. The highest BCUT2D eigenvalue weighted by molar-refractivity contribution is 5.98. The van der Waals surface area contributed by atoms with Crippen molar-refractivity contribution >= 4 is 11.9 Å². The van der Waals surface area contributed by atoms with Crippen molar-refractivity contribution in [2.75, 3.05) is 12.8 Å². The van der Waals surface area contributed by atoms with Gasteiger partial charge in [-0.05, 0) is 0 Å². The Morgan fingerprint density at radius 3 is 2.00 bits per heavy atom. The normalized spacial score (nSPS) is 16.1. The van der Waals surface area contributed by atoms with Crippen molar-refractivity contribution in [1.29, 1.82) is 0 Å². The quantitative estimate of drug-likeness (QED) is 0.805. The van der Waals surface area contributed by atoms with E-state index in [1.807, 2.05) is 0 Å². The van der Waals surface area contributed by atoms with Gasteiger partial charge < -0.3 is 10.6 Å². The van der Waals surface area contributed by atoms with E-state index in [-0.39, 0.29) is 23.8 Å². The van der Waals surface area contributed by atoms with Crippen molar-refractivity contribution < 1.29 is 13.6 Å². The highest BCUT2D eigenvalue weighted by Crippen LogP contribution is 2.29. The molecule has 0 unspecified atom stereocenters. The van der Waals surface area contributed by atoms with Crippen LogP contribution in [0.3, 0.4) is 0 Å². The third-order valence-electron chi connectivity index (χ3n) is 3.68. The number of alkyl halides is 2. The van der Waals surface area contributed by atoms with Crippen molar-refractivity contribution in [3.05, 3.63) is 17.0 Å². The highest BCUT2D eigenvalue weighted by atomic mass is 19.3. The van der Waals surface area contributed by atoms with E-state index >= 15 is 0 Å². The second-order valence-corrected chi connectivity index (χ2v) is 5.37. The Hall–Kier alpha value is -2.23. The van der Waals surface area contributed by atoms with E-state index in [0.29, 0.717) is 0 Å². The molecule has 0 atom stereocenters. The number of hydrogen-bond donors (Lipinski definition) is 1. The number of carbonyl (C=O) groups excluding carboxylic acids is 1. The SMILES string of the molecule is C#C.C1CCCCC1.CN1Cc2nc(N)nc(C(F)F)c2C1=O. The van der Waals surface area contributed by atoms with Crippen molar-refractivity contribution in [2.45, 2.75) is 51.5 Å². The van der Waals surface area contributed by atoms with Gasteiger partial charge in [-0.1, -0.05) is 38.5 Å². The third kappa shape index (κ3) is 4.88. The minimum absolute atomic E-state index is 0.110. The first kappa shape index (κ1) is 18.8. The summed E-state index contributed by atoms with van der Waals surface area (Å²) in [5.41, 5.74) is 4.86. The lowest BCUT2D eigenvalue weighted by Crippen LogP contribution is -2.18. The molecule has 0 radical (unpaired) electrons. The summed E-state index contributed by atoms with van der Waals surface area (Å²) in [4.78, 5) is 20.0. The molecule has 126 valence electrons. The van der Waals surface area contributed by atoms with Gasteiger partial charge >= 0.3 is 0 Å². The minimum atomic E-state index is -2.82. The van der Waals surface area contributed by atoms with Gasteiger partial charge in [-0.2, -0.15) is 0 Å². The maximum Gasteiger partial charge on any atom is 0.281 e. The van der Waals surface area contributed by atoms with Crippen LogP contribution < -0.4 is 5.73 Å². The molecule has 1 aromatic rings. The van der Waals surface area contributed by atoms with Crippen LogP contribution in [0.15, 0.2) is 0 Å². The molecule has 0 aromatic carbocycles. The van der Waals surface area contributed by atoms with Gasteiger partial charge in [0.2, 0.25) is 5.95 Å². The van der Waals surface area contributed by atoms with Crippen molar-refractivity contribution in [3.8, 4) is 12.8 Å². The molecule has 1 aromatic heterocycles. The van der Waals surface area contributed by atoms with Crippen LogP contribution in [-0.4, -0.2) is 27.8 Å². The predicted octanol–water partition coefficient (Wildman–Crippen LogP) is 3.17. The van der Waals surface area contributed by atoms with E-state index in [1.54, 1.807) is 0 Å². The lowest BCUT2D eigenvalue weighted by Gasteiger charge is -2.06. The highest BCUT2D eigenvalue weighted by Gasteiger charge is 2.33. The van der Waals surface area contributed by atoms with Gasteiger partial charge in [-0.15, -0.1) is 12.8 Å². The summed E-state index contributed by atoms with van der Waals surface area (Å²) in [6.07, 6.45) is 14.2. The minimum Gasteiger partial charge on any atom is -0.368 e. The summed E-state index contributed by atoms with van der Waals surface area (Å²) in [5.74, 6) is -0.715. The molecule has 1 amide bonds. The van der Waals surface area contributed by atoms with Crippen LogP contribution in [0.5, 0.6) is 0 Å². The number of rotatable bonds is 1. The molecule has 23 heavy (non-hydrogen) atoms. The topological polar surface area (TPSA) is 72.1 Å². The monoisotopic (exact) mass is 324 g/mol. The number of amides is 1. The Labute approximate surface area is 135 Å². The Kier molecular flexibility index (Phi) is 7.39. The lowest BCUT2D eigenvalue weighted by molar-refractivity contribution is 0.0805. The third-order valence-corrected chi connectivity index (χ3v) is 3.68. The average Bonchev–Trinajstić information content (AvgIpc) is 2.85. The van der Waals surface area contributed by atoms with Crippen LogP contribution >= 0.6 is 0 Å². The van der Waals surface area contributed by atoms with Crippen LogP contribution in [0.1, 0.15) is 66.7 Å². The first-order chi connectivity index (χ1) is 11.0. The van der Waals surface area contributed by atoms with E-state index in [9.17, 15) is 13.6 Å².